The number of nitrogens with one attached hydrogen (secondary N) is 3. The molecule has 1 aromatic heterocycles. The van der Waals surface area contributed by atoms with Gasteiger partial charge in [0.15, 0.2) is 0 Å². The average Bonchev–Trinajstić information content (AvgIpc) is 3.88. The molecule has 0 spiro atoms. The fourth-order valence-electron chi connectivity index (χ4n) is 10.7. The Bertz CT molecular complexity index is 2640. The van der Waals surface area contributed by atoms with Gasteiger partial charge in [-0.05, 0) is 105 Å². The van der Waals surface area contributed by atoms with E-state index in [4.69, 9.17) is 21.4 Å². The summed E-state index contributed by atoms with van der Waals surface area (Å²) >= 11 is 0. The highest BCUT2D eigenvalue weighted by Crippen LogP contribution is 2.35. The number of amides is 7. The number of aromatic nitrogens is 2. The summed E-state index contributed by atoms with van der Waals surface area (Å²) in [6, 6.07) is 20.1. The van der Waals surface area contributed by atoms with Gasteiger partial charge in [-0.3, -0.25) is 52.8 Å². The SMILES string of the molecule is CC(=O)O.Cn1c(=O)n(C2CCC(=O)NC2=O)c2ccc(CCC3CCC(C(=O)N4CC[C@H]5CC[C@@H](C(=O)N[C@@H](CCC(N)=O)C(=O)NC(c6ccccc6)c6ccccc6)N5C(=O)[C@@H](N)C4)CC3)cc21. The Hall–Kier alpha value is -7.15. The second-order valence-corrected chi connectivity index (χ2v) is 19.3. The van der Waals surface area contributed by atoms with Gasteiger partial charge in [-0.15, -0.1) is 0 Å². The maximum Gasteiger partial charge on any atom is 0.329 e. The molecule has 4 heterocycles. The van der Waals surface area contributed by atoms with Gasteiger partial charge < -0.3 is 37.0 Å². The number of aliphatic carboxylic acids is 1. The molecule has 0 radical (unpaired) electrons. The molecule has 3 aromatic carbocycles. The normalized spacial score (nSPS) is 22.8. The van der Waals surface area contributed by atoms with Crippen LogP contribution in [-0.2, 0) is 51.8 Å². The highest BCUT2D eigenvalue weighted by molar-refractivity contribution is 6.00. The Morgan fingerprint density at radius 3 is 2.08 bits per heavy atom. The highest BCUT2D eigenvalue weighted by atomic mass is 16.4. The number of carboxylic acids is 1. The predicted molar refractivity (Wildman–Crippen MR) is 262 cm³/mol. The van der Waals surface area contributed by atoms with Gasteiger partial charge in [0.05, 0.1) is 17.1 Å². The number of carboxylic acid groups (broad SMARTS) is 1. The Balaban J connectivity index is 0.00000178. The Kier molecular flexibility index (Phi) is 16.9. The first-order valence-corrected chi connectivity index (χ1v) is 24.6. The third-order valence-electron chi connectivity index (χ3n) is 14.4. The number of nitrogens with two attached hydrogens (primary N) is 2. The number of hydrogen-bond acceptors (Lipinski definition) is 10. The van der Waals surface area contributed by atoms with Crippen molar-refractivity contribution in [3.63, 3.8) is 0 Å². The summed E-state index contributed by atoms with van der Waals surface area (Å²) < 4.78 is 3.03. The summed E-state index contributed by atoms with van der Waals surface area (Å²) in [5.41, 5.74) is 15.9. The van der Waals surface area contributed by atoms with Gasteiger partial charge in [-0.2, -0.15) is 0 Å². The van der Waals surface area contributed by atoms with Crippen LogP contribution in [0.5, 0.6) is 0 Å². The lowest BCUT2D eigenvalue weighted by atomic mass is 9.79. The zero-order valence-corrected chi connectivity index (χ0v) is 40.3. The first-order valence-electron chi connectivity index (χ1n) is 24.6. The predicted octanol–water partition coefficient (Wildman–Crippen LogP) is 2.72. The van der Waals surface area contributed by atoms with Crippen molar-refractivity contribution in [1.82, 2.24) is 34.9 Å². The van der Waals surface area contributed by atoms with E-state index in [0.29, 0.717) is 37.2 Å². The van der Waals surface area contributed by atoms with Gasteiger partial charge in [0.2, 0.25) is 41.4 Å². The van der Waals surface area contributed by atoms with Gasteiger partial charge in [-0.25, -0.2) is 4.79 Å². The van der Waals surface area contributed by atoms with Gasteiger partial charge in [0.25, 0.3) is 5.97 Å². The van der Waals surface area contributed by atoms with Crippen LogP contribution in [0.2, 0.25) is 0 Å². The number of imide groups is 1. The van der Waals surface area contributed by atoms with Gasteiger partial charge >= 0.3 is 5.69 Å². The molecule has 19 heteroatoms. The Labute approximate surface area is 411 Å². The molecule has 5 atom stereocenters. The van der Waals surface area contributed by atoms with E-state index in [-0.39, 0.29) is 61.7 Å². The highest BCUT2D eigenvalue weighted by Gasteiger charge is 2.45. The van der Waals surface area contributed by atoms with Crippen molar-refractivity contribution in [3.8, 4) is 0 Å². The van der Waals surface area contributed by atoms with Gasteiger partial charge in [0, 0.05) is 51.9 Å². The minimum atomic E-state index is -1.11. The number of fused-ring (bicyclic) bond motifs is 2. The topological polar surface area (TPSA) is 278 Å². The molecule has 19 nitrogen and oxygen atoms in total. The summed E-state index contributed by atoms with van der Waals surface area (Å²) in [7, 11) is 1.69. The molecule has 7 amide bonds. The van der Waals surface area contributed by atoms with Crippen molar-refractivity contribution >= 4 is 58.4 Å². The van der Waals surface area contributed by atoms with E-state index in [0.717, 1.165) is 67.7 Å². The summed E-state index contributed by atoms with van der Waals surface area (Å²) in [6.07, 6.45) is 6.58. The zero-order valence-electron chi connectivity index (χ0n) is 40.3. The van der Waals surface area contributed by atoms with E-state index < -0.39 is 65.7 Å². The first kappa shape index (κ1) is 51.7. The average molecular weight is 976 g/mol. The molecule has 8 N–H and O–H groups in total. The molecule has 1 unspecified atom stereocenters. The van der Waals surface area contributed by atoms with Crippen molar-refractivity contribution < 1.29 is 43.5 Å². The number of aryl methyl sites for hydroxylation is 2. The Morgan fingerprint density at radius 1 is 0.817 bits per heavy atom. The van der Waals surface area contributed by atoms with Crippen LogP contribution >= 0.6 is 0 Å². The van der Waals surface area contributed by atoms with Crippen LogP contribution in [0.4, 0.5) is 0 Å². The van der Waals surface area contributed by atoms with E-state index >= 15 is 0 Å². The second kappa shape index (κ2) is 23.2. The number of carbonyl (C=O) groups is 8. The van der Waals surface area contributed by atoms with E-state index in [1.54, 1.807) is 21.4 Å². The number of carbonyl (C=O) groups excluding carboxylic acids is 7. The van der Waals surface area contributed by atoms with Gasteiger partial charge in [-0.1, -0.05) is 66.7 Å². The molecule has 378 valence electrons. The second-order valence-electron chi connectivity index (χ2n) is 19.3. The quantitative estimate of drug-likeness (QED) is 0.100. The third kappa shape index (κ3) is 12.4. The van der Waals surface area contributed by atoms with Crippen LogP contribution in [0.1, 0.15) is 113 Å². The van der Waals surface area contributed by atoms with Crippen LogP contribution in [0.15, 0.2) is 83.7 Å². The molecule has 71 heavy (non-hydrogen) atoms. The fraction of sp³-hybridized carbons (Fsp3) is 0.481. The lowest BCUT2D eigenvalue weighted by Gasteiger charge is -2.39. The van der Waals surface area contributed by atoms with Crippen molar-refractivity contribution in [2.45, 2.75) is 127 Å². The van der Waals surface area contributed by atoms with E-state index in [1.165, 1.54) is 4.57 Å². The van der Waals surface area contributed by atoms with Crippen LogP contribution in [0, 0.1) is 11.8 Å². The molecule has 4 fully saturated rings. The van der Waals surface area contributed by atoms with Gasteiger partial charge in [0.1, 0.15) is 24.2 Å². The summed E-state index contributed by atoms with van der Waals surface area (Å²) in [5.74, 6) is -3.42. The summed E-state index contributed by atoms with van der Waals surface area (Å²) in [5, 5.41) is 15.7. The summed E-state index contributed by atoms with van der Waals surface area (Å²) in [6.45, 7) is 1.52. The van der Waals surface area contributed by atoms with Crippen LogP contribution in [-0.4, -0.2) is 109 Å². The summed E-state index contributed by atoms with van der Waals surface area (Å²) in [4.78, 5) is 118. The van der Waals surface area contributed by atoms with Crippen molar-refractivity contribution in [3.05, 3.63) is 106 Å². The maximum absolute atomic E-state index is 14.1. The lowest BCUT2D eigenvalue weighted by molar-refractivity contribution is -0.146. The number of rotatable bonds is 14. The maximum atomic E-state index is 14.1. The minimum Gasteiger partial charge on any atom is -0.481 e. The smallest absolute Gasteiger partial charge is 0.329 e. The number of benzene rings is 3. The molecule has 8 rings (SSSR count). The number of piperidine rings is 1. The third-order valence-corrected chi connectivity index (χ3v) is 14.4. The molecular weight excluding hydrogens is 911 g/mol. The van der Waals surface area contributed by atoms with Crippen LogP contribution in [0.3, 0.4) is 0 Å². The van der Waals surface area contributed by atoms with E-state index in [9.17, 15) is 38.4 Å². The van der Waals surface area contributed by atoms with E-state index in [1.807, 2.05) is 78.9 Å². The van der Waals surface area contributed by atoms with Crippen LogP contribution in [0.25, 0.3) is 11.0 Å². The minimum absolute atomic E-state index is 0.00180. The number of hydrogen-bond donors (Lipinski definition) is 6. The standard InChI is InChI=1S/C50H61N9O8.C2H4O2/c1-56-41-28-31(16-21-38(41)59(50(56)67)40-23-25-43(61)54-47(40)64)13-12-30-14-17-34(18-15-30)48(65)57-27-26-35-19-22-39(58(35)49(66)36(51)29-57)46(63)53-37(20-24-42(52)60)45(62)55-44(32-8-4-2-5-9-32)33-10-6-3-7-11-33;1-2(3)4/h2-11,16,21,28,30,34-37,39-40,44H,12-15,17-20,22-27,29,51H2,1H3,(H2,52,60)(H,53,63)(H,55,62)(H,54,61,64);1H3,(H,3,4)/t30?,34?,35-,36+,37+,39+,40?;/m1./s1. The van der Waals surface area contributed by atoms with Crippen molar-refractivity contribution in [2.75, 3.05) is 13.1 Å². The van der Waals surface area contributed by atoms with Crippen molar-refractivity contribution in [1.29, 1.82) is 0 Å². The molecule has 3 aliphatic heterocycles. The largest absolute Gasteiger partial charge is 0.481 e. The molecule has 0 bridgehead atoms. The monoisotopic (exact) mass is 975 g/mol. The zero-order chi connectivity index (χ0) is 50.9. The molecule has 1 saturated carbocycles. The number of primary amides is 1. The lowest BCUT2D eigenvalue weighted by Crippen LogP contribution is -2.60. The van der Waals surface area contributed by atoms with E-state index in [2.05, 4.69) is 16.0 Å². The molecule has 4 aromatic rings. The van der Waals surface area contributed by atoms with Crippen LogP contribution < -0.4 is 33.1 Å². The Morgan fingerprint density at radius 2 is 1.46 bits per heavy atom. The molecular formula is C52H65N9O10. The molecule has 4 aliphatic rings. The molecule has 1 aliphatic carbocycles. The number of nitrogens with zero attached hydrogens (tertiary/aromatic N) is 4. The first-order chi connectivity index (χ1) is 34.0. The van der Waals surface area contributed by atoms with Crippen molar-refractivity contribution in [2.24, 2.45) is 30.4 Å². The fourth-order valence-corrected chi connectivity index (χ4v) is 10.7. The number of imidazole rings is 1. The molecule has 3 saturated heterocycles.